The summed E-state index contributed by atoms with van der Waals surface area (Å²) in [6.07, 6.45) is 3.56. The summed E-state index contributed by atoms with van der Waals surface area (Å²) in [5.74, 6) is 0.934. The normalized spacial score (nSPS) is 30.8. The van der Waals surface area contributed by atoms with Crippen molar-refractivity contribution in [3.05, 3.63) is 24.3 Å². The minimum atomic E-state index is -0.103. The molecule has 0 radical (unpaired) electrons. The number of carbonyl (C=O) groups excluding carboxylic acids is 1. The molecule has 2 aromatic rings. The Morgan fingerprint density at radius 1 is 1.38 bits per heavy atom. The van der Waals surface area contributed by atoms with Gasteiger partial charge in [0.1, 0.15) is 6.10 Å². The van der Waals surface area contributed by atoms with E-state index in [-0.39, 0.29) is 22.9 Å². The fourth-order valence-electron chi connectivity index (χ4n) is 4.53. The van der Waals surface area contributed by atoms with Gasteiger partial charge in [-0.05, 0) is 42.7 Å². The van der Waals surface area contributed by atoms with E-state index in [1.165, 1.54) is 24.6 Å². The Morgan fingerprint density at radius 3 is 2.83 bits per heavy atom. The lowest BCUT2D eigenvalue weighted by atomic mass is 9.70. The first-order valence-corrected chi connectivity index (χ1v) is 10.4. The molecule has 2 saturated carbocycles. The number of nitrogens with zero attached hydrogens (tertiary/aromatic N) is 1. The summed E-state index contributed by atoms with van der Waals surface area (Å²) in [5, 5.41) is 0. The molecule has 24 heavy (non-hydrogen) atoms. The van der Waals surface area contributed by atoms with Crippen LogP contribution in [0.15, 0.2) is 28.6 Å². The van der Waals surface area contributed by atoms with Gasteiger partial charge in [0, 0.05) is 5.41 Å². The standard InChI is InChI=1S/C19H23NO2S2/c1-18(2)12-8-9-19(18,3)15(10-12)22-16(21)11-23-17-20-13-6-4-5-7-14(13)24-17/h4-7,12,15H,8-11H2,1-3H3/t12-,15+,19-/m0/s1. The Kier molecular flexibility index (Phi) is 3.92. The van der Waals surface area contributed by atoms with E-state index >= 15 is 0 Å². The summed E-state index contributed by atoms with van der Waals surface area (Å²) in [6, 6.07) is 8.07. The van der Waals surface area contributed by atoms with E-state index in [9.17, 15) is 4.79 Å². The largest absolute Gasteiger partial charge is 0.461 e. The molecule has 5 heteroatoms. The van der Waals surface area contributed by atoms with Crippen LogP contribution in [0.25, 0.3) is 10.2 Å². The molecule has 0 spiro atoms. The quantitative estimate of drug-likeness (QED) is 0.558. The van der Waals surface area contributed by atoms with Crippen LogP contribution in [0.1, 0.15) is 40.0 Å². The number of thioether (sulfide) groups is 1. The molecule has 0 N–H and O–H groups in total. The SMILES string of the molecule is CC1(C)[C@H]2CC[C@@]1(C)[C@H](OC(=O)CSc1nc3ccccc3s1)C2. The van der Waals surface area contributed by atoms with Crippen LogP contribution >= 0.6 is 23.1 Å². The zero-order valence-corrected chi connectivity index (χ0v) is 16.0. The number of thiazole rings is 1. The third-order valence-corrected chi connectivity index (χ3v) is 8.73. The van der Waals surface area contributed by atoms with Crippen molar-refractivity contribution in [2.75, 3.05) is 5.75 Å². The number of aromatic nitrogens is 1. The number of hydrogen-bond acceptors (Lipinski definition) is 5. The van der Waals surface area contributed by atoms with Crippen molar-refractivity contribution < 1.29 is 9.53 Å². The van der Waals surface area contributed by atoms with Crippen LogP contribution in [0.5, 0.6) is 0 Å². The molecule has 1 heterocycles. The first-order chi connectivity index (χ1) is 11.4. The summed E-state index contributed by atoms with van der Waals surface area (Å²) in [4.78, 5) is 16.9. The number of ether oxygens (including phenoxy) is 1. The van der Waals surface area contributed by atoms with Crippen LogP contribution in [0.2, 0.25) is 0 Å². The van der Waals surface area contributed by atoms with E-state index in [0.29, 0.717) is 11.7 Å². The van der Waals surface area contributed by atoms with E-state index in [1.807, 2.05) is 18.2 Å². The van der Waals surface area contributed by atoms with E-state index in [1.54, 1.807) is 11.3 Å². The highest BCUT2D eigenvalue weighted by molar-refractivity contribution is 8.01. The molecule has 0 amide bonds. The van der Waals surface area contributed by atoms with Gasteiger partial charge in [-0.25, -0.2) is 4.98 Å². The number of para-hydroxylation sites is 1. The molecule has 2 fully saturated rings. The van der Waals surface area contributed by atoms with Gasteiger partial charge in [0.05, 0.1) is 16.0 Å². The van der Waals surface area contributed by atoms with E-state index in [2.05, 4.69) is 31.8 Å². The second kappa shape index (κ2) is 5.73. The number of esters is 1. The number of carbonyl (C=O) groups is 1. The van der Waals surface area contributed by atoms with Crippen LogP contribution in [-0.4, -0.2) is 22.8 Å². The molecule has 2 aliphatic carbocycles. The van der Waals surface area contributed by atoms with Crippen molar-refractivity contribution in [2.45, 2.75) is 50.5 Å². The van der Waals surface area contributed by atoms with Crippen molar-refractivity contribution in [3.63, 3.8) is 0 Å². The van der Waals surface area contributed by atoms with Gasteiger partial charge in [0.2, 0.25) is 0 Å². The van der Waals surface area contributed by atoms with Crippen molar-refractivity contribution in [3.8, 4) is 0 Å². The van der Waals surface area contributed by atoms with Gasteiger partial charge in [-0.15, -0.1) is 11.3 Å². The van der Waals surface area contributed by atoms with Crippen LogP contribution in [0.3, 0.4) is 0 Å². The molecule has 0 unspecified atom stereocenters. The molecule has 1 aromatic heterocycles. The maximum Gasteiger partial charge on any atom is 0.316 e. The van der Waals surface area contributed by atoms with Gasteiger partial charge in [-0.1, -0.05) is 44.7 Å². The van der Waals surface area contributed by atoms with Gasteiger partial charge in [-0.3, -0.25) is 4.79 Å². The van der Waals surface area contributed by atoms with Crippen LogP contribution in [-0.2, 0) is 9.53 Å². The fourth-order valence-corrected chi connectivity index (χ4v) is 6.39. The molecule has 2 bridgehead atoms. The van der Waals surface area contributed by atoms with Crippen LogP contribution < -0.4 is 0 Å². The maximum absolute atomic E-state index is 12.4. The first kappa shape index (κ1) is 16.4. The molecule has 3 atom stereocenters. The Hall–Kier alpha value is -1.07. The fraction of sp³-hybridized carbons (Fsp3) is 0.579. The minimum Gasteiger partial charge on any atom is -0.461 e. The predicted octanol–water partition coefficient (Wildman–Crippen LogP) is 5.15. The van der Waals surface area contributed by atoms with E-state index < -0.39 is 0 Å². The highest BCUT2D eigenvalue weighted by Gasteiger charge is 2.62. The summed E-state index contributed by atoms with van der Waals surface area (Å²) < 4.78 is 8.00. The van der Waals surface area contributed by atoms with E-state index in [4.69, 9.17) is 4.74 Å². The highest BCUT2D eigenvalue weighted by atomic mass is 32.2. The van der Waals surface area contributed by atoms with Crippen molar-refractivity contribution in [1.29, 1.82) is 0 Å². The second-order valence-corrected chi connectivity index (χ2v) is 10.1. The Bertz CT molecular complexity index is 752. The van der Waals surface area contributed by atoms with E-state index in [0.717, 1.165) is 21.0 Å². The molecule has 4 rings (SSSR count). The van der Waals surface area contributed by atoms with Gasteiger partial charge >= 0.3 is 5.97 Å². The Labute approximate surface area is 151 Å². The van der Waals surface area contributed by atoms with Gasteiger partial charge in [0.15, 0.2) is 4.34 Å². The third-order valence-electron chi connectivity index (χ3n) is 6.58. The molecular weight excluding hydrogens is 338 g/mol. The van der Waals surface area contributed by atoms with Gasteiger partial charge < -0.3 is 4.74 Å². The summed E-state index contributed by atoms with van der Waals surface area (Å²) in [5.41, 5.74) is 1.41. The molecule has 128 valence electrons. The predicted molar refractivity (Wildman–Crippen MR) is 99.5 cm³/mol. The number of rotatable bonds is 4. The summed E-state index contributed by atoms with van der Waals surface area (Å²) in [6.45, 7) is 6.99. The monoisotopic (exact) mass is 361 g/mol. The molecule has 1 aromatic carbocycles. The van der Waals surface area contributed by atoms with Gasteiger partial charge in [-0.2, -0.15) is 0 Å². The van der Waals surface area contributed by atoms with Crippen molar-refractivity contribution in [1.82, 2.24) is 4.98 Å². The number of benzene rings is 1. The van der Waals surface area contributed by atoms with Crippen molar-refractivity contribution >= 4 is 39.3 Å². The summed E-state index contributed by atoms with van der Waals surface area (Å²) >= 11 is 3.13. The molecule has 3 nitrogen and oxygen atoms in total. The summed E-state index contributed by atoms with van der Waals surface area (Å²) in [7, 11) is 0. The lowest BCUT2D eigenvalue weighted by Crippen LogP contribution is -2.38. The second-order valence-electron chi connectivity index (χ2n) is 7.83. The average molecular weight is 362 g/mol. The topological polar surface area (TPSA) is 39.2 Å². The lowest BCUT2D eigenvalue weighted by Gasteiger charge is -2.38. The average Bonchev–Trinajstić information content (AvgIpc) is 3.11. The Morgan fingerprint density at radius 2 is 2.17 bits per heavy atom. The van der Waals surface area contributed by atoms with Crippen molar-refractivity contribution in [2.24, 2.45) is 16.7 Å². The lowest BCUT2D eigenvalue weighted by molar-refractivity contribution is -0.153. The smallest absolute Gasteiger partial charge is 0.316 e. The minimum absolute atomic E-state index is 0.0784. The van der Waals surface area contributed by atoms with Gasteiger partial charge in [0.25, 0.3) is 0 Å². The Balaban J connectivity index is 1.37. The molecule has 0 aliphatic heterocycles. The molecule has 2 aliphatic rings. The highest BCUT2D eigenvalue weighted by Crippen LogP contribution is 2.66. The number of hydrogen-bond donors (Lipinski definition) is 0. The maximum atomic E-state index is 12.4. The zero-order chi connectivity index (χ0) is 16.9. The zero-order valence-electron chi connectivity index (χ0n) is 14.4. The van der Waals surface area contributed by atoms with Crippen LogP contribution in [0.4, 0.5) is 0 Å². The number of fused-ring (bicyclic) bond motifs is 3. The molecule has 0 saturated heterocycles. The molecular formula is C19H23NO2S2. The first-order valence-electron chi connectivity index (χ1n) is 8.58. The third kappa shape index (κ3) is 2.48. The van der Waals surface area contributed by atoms with Crippen LogP contribution in [0, 0.1) is 16.7 Å².